The van der Waals surface area contributed by atoms with Crippen molar-refractivity contribution in [3.8, 4) is 5.75 Å². The Labute approximate surface area is 120 Å². The molecule has 5 heteroatoms. The number of halogens is 1. The summed E-state index contributed by atoms with van der Waals surface area (Å²) in [4.78, 5) is 10.9. The Balaban J connectivity index is 1.89. The number of hydrogen-bond donors (Lipinski definition) is 0. The Kier molecular flexibility index (Phi) is 3.38. The lowest BCUT2D eigenvalue weighted by Crippen LogP contribution is -2.27. The maximum Gasteiger partial charge on any atom is 0.225 e. The molecule has 2 heterocycles. The summed E-state index contributed by atoms with van der Waals surface area (Å²) in [6.45, 7) is 4.18. The summed E-state index contributed by atoms with van der Waals surface area (Å²) >= 11 is 3.47. The minimum atomic E-state index is 0.640. The van der Waals surface area contributed by atoms with Crippen molar-refractivity contribution in [3.05, 3.63) is 46.2 Å². The minimum absolute atomic E-state index is 0.640. The van der Waals surface area contributed by atoms with Gasteiger partial charge in [0.05, 0.1) is 6.54 Å². The zero-order valence-corrected chi connectivity index (χ0v) is 12.2. The average Bonchev–Trinajstić information content (AvgIpc) is 2.61. The van der Waals surface area contributed by atoms with Crippen LogP contribution in [0.5, 0.6) is 5.75 Å². The van der Waals surface area contributed by atoms with Crippen molar-refractivity contribution in [1.82, 2.24) is 9.97 Å². The van der Waals surface area contributed by atoms with Crippen LogP contribution in [0.1, 0.15) is 11.1 Å². The fourth-order valence-corrected chi connectivity index (χ4v) is 2.40. The number of fused-ring (bicyclic) bond motifs is 1. The lowest BCUT2D eigenvalue weighted by molar-refractivity contribution is 0.331. The van der Waals surface area contributed by atoms with Gasteiger partial charge in [-0.1, -0.05) is 22.0 Å². The van der Waals surface area contributed by atoms with Crippen LogP contribution in [0.2, 0.25) is 0 Å². The number of rotatable bonds is 1. The topological polar surface area (TPSA) is 38.2 Å². The Bertz CT molecular complexity index is 586. The molecule has 0 amide bonds. The van der Waals surface area contributed by atoms with Gasteiger partial charge >= 0.3 is 0 Å². The summed E-state index contributed by atoms with van der Waals surface area (Å²) in [5.74, 6) is 1.69. The van der Waals surface area contributed by atoms with E-state index in [1.165, 1.54) is 0 Å². The molecular formula is C14H14BrN3O. The molecule has 0 unspecified atom stereocenters. The normalized spacial score (nSPS) is 14.5. The molecular weight excluding hydrogens is 306 g/mol. The molecule has 3 rings (SSSR count). The van der Waals surface area contributed by atoms with E-state index in [1.807, 2.05) is 31.5 Å². The van der Waals surface area contributed by atoms with Crippen molar-refractivity contribution in [3.63, 3.8) is 0 Å². The molecule has 0 saturated carbocycles. The van der Waals surface area contributed by atoms with Crippen molar-refractivity contribution in [1.29, 1.82) is 0 Å². The van der Waals surface area contributed by atoms with Crippen molar-refractivity contribution in [2.45, 2.75) is 13.5 Å². The molecule has 1 aromatic heterocycles. The SMILES string of the molecule is Cc1cnc(N2CCOc3cc(Br)ccc3C2)nc1. The van der Waals surface area contributed by atoms with Crippen molar-refractivity contribution < 1.29 is 4.74 Å². The third kappa shape index (κ3) is 2.71. The van der Waals surface area contributed by atoms with Gasteiger partial charge in [0.25, 0.3) is 0 Å². The smallest absolute Gasteiger partial charge is 0.225 e. The van der Waals surface area contributed by atoms with Gasteiger partial charge in [-0.05, 0) is 24.6 Å². The van der Waals surface area contributed by atoms with Crippen LogP contribution in [0.4, 0.5) is 5.95 Å². The molecule has 4 nitrogen and oxygen atoms in total. The summed E-state index contributed by atoms with van der Waals surface area (Å²) in [6.07, 6.45) is 3.69. The monoisotopic (exact) mass is 319 g/mol. The fourth-order valence-electron chi connectivity index (χ4n) is 2.06. The first kappa shape index (κ1) is 12.4. The molecule has 1 aliphatic rings. The van der Waals surface area contributed by atoms with Crippen LogP contribution in [0, 0.1) is 6.92 Å². The summed E-state index contributed by atoms with van der Waals surface area (Å²) in [7, 11) is 0. The second-order valence-corrected chi connectivity index (χ2v) is 5.50. The second-order valence-electron chi connectivity index (χ2n) is 4.58. The van der Waals surface area contributed by atoms with E-state index in [-0.39, 0.29) is 0 Å². The molecule has 0 atom stereocenters. The highest BCUT2D eigenvalue weighted by atomic mass is 79.9. The maximum atomic E-state index is 5.78. The van der Waals surface area contributed by atoms with Gasteiger partial charge in [0.1, 0.15) is 12.4 Å². The Morgan fingerprint density at radius 3 is 2.84 bits per heavy atom. The zero-order valence-electron chi connectivity index (χ0n) is 10.6. The van der Waals surface area contributed by atoms with E-state index < -0.39 is 0 Å². The summed E-state index contributed by atoms with van der Waals surface area (Å²) in [5, 5.41) is 0. The van der Waals surface area contributed by atoms with E-state index >= 15 is 0 Å². The summed E-state index contributed by atoms with van der Waals surface area (Å²) in [6, 6.07) is 6.11. The van der Waals surface area contributed by atoms with Gasteiger partial charge in [-0.25, -0.2) is 9.97 Å². The largest absolute Gasteiger partial charge is 0.491 e. The van der Waals surface area contributed by atoms with Gasteiger partial charge in [-0.15, -0.1) is 0 Å². The number of nitrogens with zero attached hydrogens (tertiary/aromatic N) is 3. The van der Waals surface area contributed by atoms with Gasteiger partial charge < -0.3 is 9.64 Å². The highest BCUT2D eigenvalue weighted by molar-refractivity contribution is 9.10. The predicted molar refractivity (Wildman–Crippen MR) is 77.5 cm³/mol. The van der Waals surface area contributed by atoms with Gasteiger partial charge in [0, 0.05) is 29.0 Å². The van der Waals surface area contributed by atoms with Crippen LogP contribution in [0.15, 0.2) is 35.1 Å². The number of benzene rings is 1. The summed E-state index contributed by atoms with van der Waals surface area (Å²) < 4.78 is 6.81. The van der Waals surface area contributed by atoms with Crippen molar-refractivity contribution in [2.75, 3.05) is 18.1 Å². The summed E-state index contributed by atoms with van der Waals surface area (Å²) in [5.41, 5.74) is 2.23. The third-order valence-corrected chi connectivity index (χ3v) is 3.55. The average molecular weight is 320 g/mol. The van der Waals surface area contributed by atoms with E-state index in [0.717, 1.165) is 40.4 Å². The zero-order chi connectivity index (χ0) is 13.2. The molecule has 0 spiro atoms. The molecule has 1 aliphatic heterocycles. The highest BCUT2D eigenvalue weighted by Crippen LogP contribution is 2.27. The first-order valence-corrected chi connectivity index (χ1v) is 6.96. The van der Waals surface area contributed by atoms with Gasteiger partial charge in [-0.2, -0.15) is 0 Å². The van der Waals surface area contributed by atoms with Gasteiger partial charge in [-0.3, -0.25) is 0 Å². The lowest BCUT2D eigenvalue weighted by Gasteiger charge is -2.19. The molecule has 0 N–H and O–H groups in total. The maximum absolute atomic E-state index is 5.78. The third-order valence-electron chi connectivity index (χ3n) is 3.06. The fraction of sp³-hybridized carbons (Fsp3) is 0.286. The number of aryl methyl sites for hydroxylation is 1. The van der Waals surface area contributed by atoms with E-state index in [2.05, 4.69) is 36.9 Å². The van der Waals surface area contributed by atoms with Crippen molar-refractivity contribution >= 4 is 21.9 Å². The Hall–Kier alpha value is -1.62. The lowest BCUT2D eigenvalue weighted by atomic mass is 10.2. The Morgan fingerprint density at radius 2 is 2.05 bits per heavy atom. The molecule has 0 bridgehead atoms. The van der Waals surface area contributed by atoms with E-state index in [1.54, 1.807) is 0 Å². The molecule has 0 aliphatic carbocycles. The van der Waals surface area contributed by atoms with Crippen LogP contribution in [0.3, 0.4) is 0 Å². The van der Waals surface area contributed by atoms with Crippen molar-refractivity contribution in [2.24, 2.45) is 0 Å². The first-order chi connectivity index (χ1) is 9.22. The molecule has 19 heavy (non-hydrogen) atoms. The van der Waals surface area contributed by atoms with Crippen LogP contribution in [0.25, 0.3) is 0 Å². The molecule has 0 radical (unpaired) electrons. The van der Waals surface area contributed by atoms with Crippen LogP contribution in [-0.2, 0) is 6.54 Å². The molecule has 2 aromatic rings. The first-order valence-electron chi connectivity index (χ1n) is 6.17. The van der Waals surface area contributed by atoms with Gasteiger partial charge in [0.2, 0.25) is 5.95 Å². The van der Waals surface area contributed by atoms with Crippen LogP contribution >= 0.6 is 15.9 Å². The van der Waals surface area contributed by atoms with E-state index in [0.29, 0.717) is 6.61 Å². The number of hydrogen-bond acceptors (Lipinski definition) is 4. The molecule has 1 aromatic carbocycles. The minimum Gasteiger partial charge on any atom is -0.491 e. The second kappa shape index (κ2) is 5.17. The Morgan fingerprint density at radius 1 is 1.26 bits per heavy atom. The standard InChI is InChI=1S/C14H14BrN3O/c1-10-7-16-14(17-8-10)18-4-5-19-13-6-12(15)3-2-11(13)9-18/h2-3,6-8H,4-5,9H2,1H3. The van der Waals surface area contributed by atoms with Crippen LogP contribution in [-0.4, -0.2) is 23.1 Å². The van der Waals surface area contributed by atoms with Gasteiger partial charge in [0.15, 0.2) is 0 Å². The number of aromatic nitrogens is 2. The molecule has 0 fully saturated rings. The molecule has 0 saturated heterocycles. The predicted octanol–water partition coefficient (Wildman–Crippen LogP) is 2.95. The van der Waals surface area contributed by atoms with Crippen LogP contribution < -0.4 is 9.64 Å². The highest BCUT2D eigenvalue weighted by Gasteiger charge is 2.17. The molecule has 98 valence electrons. The number of anilines is 1. The number of ether oxygens (including phenoxy) is 1. The van der Waals surface area contributed by atoms with E-state index in [9.17, 15) is 0 Å². The quantitative estimate of drug-likeness (QED) is 0.810. The van der Waals surface area contributed by atoms with E-state index in [4.69, 9.17) is 4.74 Å².